The number of benzene rings is 1. The van der Waals surface area contributed by atoms with Crippen LogP contribution in [0.25, 0.3) is 0 Å². The molecular formula is C15H21N5S. The highest BCUT2D eigenvalue weighted by atomic mass is 32.2. The molecule has 6 heteroatoms. The molecule has 0 atom stereocenters. The van der Waals surface area contributed by atoms with Gasteiger partial charge in [-0.05, 0) is 37.4 Å². The number of rotatable bonds is 5. The lowest BCUT2D eigenvalue weighted by Crippen LogP contribution is -2.36. The van der Waals surface area contributed by atoms with Crippen molar-refractivity contribution >= 4 is 17.7 Å². The van der Waals surface area contributed by atoms with Crippen LogP contribution in [0.1, 0.15) is 18.7 Å². The van der Waals surface area contributed by atoms with E-state index in [1.807, 2.05) is 6.07 Å². The lowest BCUT2D eigenvalue weighted by Gasteiger charge is -2.30. The van der Waals surface area contributed by atoms with Crippen molar-refractivity contribution in [3.05, 3.63) is 36.2 Å². The average molecular weight is 303 g/mol. The van der Waals surface area contributed by atoms with Gasteiger partial charge in [0.25, 0.3) is 0 Å². The van der Waals surface area contributed by atoms with E-state index in [9.17, 15) is 0 Å². The van der Waals surface area contributed by atoms with Gasteiger partial charge in [0.15, 0.2) is 0 Å². The van der Waals surface area contributed by atoms with Crippen molar-refractivity contribution in [3.63, 3.8) is 0 Å². The molecule has 3 N–H and O–H groups in total. The number of anilines is 1. The first-order chi connectivity index (χ1) is 10.3. The normalized spacial score (nSPS) is 16.3. The Balaban J connectivity index is 1.54. The van der Waals surface area contributed by atoms with Crippen LogP contribution in [0.15, 0.2) is 35.2 Å². The van der Waals surface area contributed by atoms with Gasteiger partial charge >= 0.3 is 0 Å². The molecule has 0 unspecified atom stereocenters. The van der Waals surface area contributed by atoms with Crippen molar-refractivity contribution in [3.8, 4) is 0 Å². The molecule has 1 aromatic heterocycles. The second kappa shape index (κ2) is 6.95. The van der Waals surface area contributed by atoms with Crippen molar-refractivity contribution in [2.75, 3.05) is 24.5 Å². The molecule has 0 spiro atoms. The number of H-pyrrole nitrogens is 1. The predicted molar refractivity (Wildman–Crippen MR) is 86.4 cm³/mol. The van der Waals surface area contributed by atoms with Crippen LogP contribution in [-0.4, -0.2) is 34.8 Å². The van der Waals surface area contributed by atoms with Crippen LogP contribution in [0.5, 0.6) is 0 Å². The van der Waals surface area contributed by atoms with Gasteiger partial charge in [0, 0.05) is 18.0 Å². The Morgan fingerprint density at radius 2 is 2.00 bits per heavy atom. The van der Waals surface area contributed by atoms with E-state index in [0.29, 0.717) is 5.92 Å². The van der Waals surface area contributed by atoms with Crippen LogP contribution in [0.4, 0.5) is 5.95 Å². The zero-order valence-corrected chi connectivity index (χ0v) is 12.9. The van der Waals surface area contributed by atoms with Gasteiger partial charge in [-0.3, -0.25) is 5.10 Å². The van der Waals surface area contributed by atoms with Gasteiger partial charge in [-0.25, -0.2) is 0 Å². The van der Waals surface area contributed by atoms with E-state index in [4.69, 9.17) is 5.73 Å². The predicted octanol–water partition coefficient (Wildman–Crippen LogP) is 2.27. The number of hydrogen-bond donors (Lipinski definition) is 2. The minimum atomic E-state index is 0.660. The number of aromatic nitrogens is 3. The number of nitrogens with two attached hydrogens (primary N) is 1. The average Bonchev–Trinajstić information content (AvgIpc) is 3.03. The van der Waals surface area contributed by atoms with E-state index in [1.54, 1.807) is 11.8 Å². The van der Waals surface area contributed by atoms with Gasteiger partial charge in [-0.1, -0.05) is 18.2 Å². The summed E-state index contributed by atoms with van der Waals surface area (Å²) in [7, 11) is 0. The van der Waals surface area contributed by atoms with Gasteiger partial charge in [0.05, 0.1) is 5.75 Å². The quantitative estimate of drug-likeness (QED) is 0.829. The van der Waals surface area contributed by atoms with Crippen molar-refractivity contribution in [2.24, 2.45) is 11.7 Å². The summed E-state index contributed by atoms with van der Waals surface area (Å²) in [6, 6.07) is 10.4. The van der Waals surface area contributed by atoms with Gasteiger partial charge < -0.3 is 10.6 Å². The fourth-order valence-electron chi connectivity index (χ4n) is 2.53. The Kier molecular flexibility index (Phi) is 4.77. The number of piperidine rings is 1. The molecule has 1 fully saturated rings. The molecular weight excluding hydrogens is 282 g/mol. The van der Waals surface area contributed by atoms with Gasteiger partial charge in [0.1, 0.15) is 5.82 Å². The topological polar surface area (TPSA) is 70.8 Å². The Labute approximate surface area is 129 Å². The smallest absolute Gasteiger partial charge is 0.244 e. The maximum atomic E-state index is 5.73. The van der Waals surface area contributed by atoms with Gasteiger partial charge in [0.2, 0.25) is 5.95 Å². The Morgan fingerprint density at radius 3 is 2.71 bits per heavy atom. The number of nitrogens with one attached hydrogen (secondary N) is 1. The van der Waals surface area contributed by atoms with E-state index in [1.165, 1.54) is 4.90 Å². The molecule has 1 aliphatic rings. The van der Waals surface area contributed by atoms with Gasteiger partial charge in [-0.2, -0.15) is 4.98 Å². The Bertz CT molecular complexity index is 548. The number of nitrogens with zero attached hydrogens (tertiary/aromatic N) is 3. The molecule has 21 heavy (non-hydrogen) atoms. The summed E-state index contributed by atoms with van der Waals surface area (Å²) in [5.74, 6) is 3.23. The van der Waals surface area contributed by atoms with Crippen LogP contribution in [0.2, 0.25) is 0 Å². The van der Waals surface area contributed by atoms with E-state index in [-0.39, 0.29) is 0 Å². The molecule has 0 aliphatic carbocycles. The van der Waals surface area contributed by atoms with Crippen molar-refractivity contribution < 1.29 is 0 Å². The summed E-state index contributed by atoms with van der Waals surface area (Å²) < 4.78 is 0. The number of hydrogen-bond acceptors (Lipinski definition) is 5. The standard InChI is InChI=1S/C15H21N5S/c16-10-12-6-8-20(9-7-12)15-17-14(18-19-15)11-21-13-4-2-1-3-5-13/h1-5,12H,6-11,16H2,(H,17,18,19). The van der Waals surface area contributed by atoms with E-state index in [2.05, 4.69) is 44.3 Å². The van der Waals surface area contributed by atoms with Gasteiger partial charge in [-0.15, -0.1) is 16.9 Å². The second-order valence-corrected chi connectivity index (χ2v) is 6.40. The molecule has 0 bridgehead atoms. The lowest BCUT2D eigenvalue weighted by atomic mass is 9.97. The maximum absolute atomic E-state index is 5.73. The molecule has 112 valence electrons. The van der Waals surface area contributed by atoms with E-state index in [0.717, 1.165) is 50.0 Å². The summed E-state index contributed by atoms with van der Waals surface area (Å²) in [6.45, 7) is 2.80. The molecule has 3 rings (SSSR count). The van der Waals surface area contributed by atoms with Crippen LogP contribution >= 0.6 is 11.8 Å². The minimum absolute atomic E-state index is 0.660. The zero-order chi connectivity index (χ0) is 14.5. The largest absolute Gasteiger partial charge is 0.340 e. The summed E-state index contributed by atoms with van der Waals surface area (Å²) in [6.07, 6.45) is 2.28. The molecule has 0 amide bonds. The Morgan fingerprint density at radius 1 is 1.24 bits per heavy atom. The van der Waals surface area contributed by atoms with E-state index < -0.39 is 0 Å². The monoisotopic (exact) mass is 303 g/mol. The van der Waals surface area contributed by atoms with Crippen molar-refractivity contribution in [1.82, 2.24) is 15.2 Å². The zero-order valence-electron chi connectivity index (χ0n) is 12.0. The molecule has 1 aromatic carbocycles. The van der Waals surface area contributed by atoms with Crippen LogP contribution < -0.4 is 10.6 Å². The highest BCUT2D eigenvalue weighted by molar-refractivity contribution is 7.98. The Hall–Kier alpha value is -1.53. The summed E-state index contributed by atoms with van der Waals surface area (Å²) in [5.41, 5.74) is 5.73. The van der Waals surface area contributed by atoms with Crippen LogP contribution in [-0.2, 0) is 5.75 Å². The van der Waals surface area contributed by atoms with E-state index >= 15 is 0 Å². The summed E-state index contributed by atoms with van der Waals surface area (Å²) in [4.78, 5) is 8.11. The summed E-state index contributed by atoms with van der Waals surface area (Å²) in [5, 5.41) is 7.40. The SMILES string of the molecule is NCC1CCN(c2n[nH]c(CSc3ccccc3)n2)CC1. The minimum Gasteiger partial charge on any atom is -0.340 e. The number of aromatic amines is 1. The molecule has 2 aromatic rings. The second-order valence-electron chi connectivity index (χ2n) is 5.35. The highest BCUT2D eigenvalue weighted by Gasteiger charge is 2.20. The first-order valence-corrected chi connectivity index (χ1v) is 8.38. The fraction of sp³-hybridized carbons (Fsp3) is 0.467. The molecule has 5 nitrogen and oxygen atoms in total. The molecule has 0 radical (unpaired) electrons. The third-order valence-electron chi connectivity index (χ3n) is 3.87. The summed E-state index contributed by atoms with van der Waals surface area (Å²) >= 11 is 1.77. The lowest BCUT2D eigenvalue weighted by molar-refractivity contribution is 0.411. The number of thioether (sulfide) groups is 1. The third kappa shape index (κ3) is 3.77. The first-order valence-electron chi connectivity index (χ1n) is 7.39. The molecule has 2 heterocycles. The highest BCUT2D eigenvalue weighted by Crippen LogP contribution is 2.23. The van der Waals surface area contributed by atoms with Crippen molar-refractivity contribution in [1.29, 1.82) is 0 Å². The third-order valence-corrected chi connectivity index (χ3v) is 4.89. The maximum Gasteiger partial charge on any atom is 0.244 e. The molecule has 1 aliphatic heterocycles. The van der Waals surface area contributed by atoms with Crippen LogP contribution in [0, 0.1) is 5.92 Å². The van der Waals surface area contributed by atoms with Crippen LogP contribution in [0.3, 0.4) is 0 Å². The van der Waals surface area contributed by atoms with Crippen molar-refractivity contribution in [2.45, 2.75) is 23.5 Å². The molecule has 1 saturated heterocycles. The molecule has 0 saturated carbocycles. The first kappa shape index (κ1) is 14.4. The fourth-order valence-corrected chi connectivity index (χ4v) is 3.31.